The number of amides is 5. The number of sulfonamides is 1. The summed E-state index contributed by atoms with van der Waals surface area (Å²) < 4.78 is 64.1. The van der Waals surface area contributed by atoms with Crippen LogP contribution < -0.4 is 25.2 Å². The lowest BCUT2D eigenvalue weighted by Crippen LogP contribution is -2.55. The summed E-state index contributed by atoms with van der Waals surface area (Å²) in [6.07, 6.45) is 4.28. The molecule has 2 atom stereocenters. The Hall–Kier alpha value is -4.14. The molecule has 3 N–H and O–H groups in total. The van der Waals surface area contributed by atoms with Gasteiger partial charge < -0.3 is 16.0 Å². The topological polar surface area (TPSA) is 150 Å². The van der Waals surface area contributed by atoms with Crippen LogP contribution in [0.5, 0.6) is 0 Å². The first-order valence-corrected chi connectivity index (χ1v) is 16.8. The highest BCUT2D eigenvalue weighted by Crippen LogP contribution is 2.46. The number of fused-ring (bicyclic) bond motifs is 1. The van der Waals surface area contributed by atoms with Crippen molar-refractivity contribution in [3.63, 3.8) is 0 Å². The molecule has 2 aliphatic rings. The maximum absolute atomic E-state index is 14.6. The summed E-state index contributed by atoms with van der Waals surface area (Å²) >= 11 is 0. The number of nitrogens with two attached hydrogens (primary N) is 1. The first-order valence-electron chi connectivity index (χ1n) is 15.3. The van der Waals surface area contributed by atoms with Gasteiger partial charge in [-0.2, -0.15) is 21.6 Å². The molecule has 5 amide bonds. The zero-order chi connectivity index (χ0) is 34.9. The number of primary amides is 1. The predicted octanol–water partition coefficient (Wildman–Crippen LogP) is 5.08. The second-order valence-corrected chi connectivity index (χ2v) is 14.9. The molecule has 15 heteroatoms. The van der Waals surface area contributed by atoms with Gasteiger partial charge in [-0.05, 0) is 94.2 Å². The van der Waals surface area contributed by atoms with Crippen molar-refractivity contribution in [1.29, 1.82) is 0 Å². The quantitative estimate of drug-likeness (QED) is 0.372. The first-order chi connectivity index (χ1) is 21.9. The van der Waals surface area contributed by atoms with Gasteiger partial charge in [-0.25, -0.2) is 9.10 Å². The molecule has 47 heavy (non-hydrogen) atoms. The molecular formula is C32H40F3N5O6S. The second-order valence-electron chi connectivity index (χ2n) is 13.1. The van der Waals surface area contributed by atoms with Crippen molar-refractivity contribution in [3.8, 4) is 0 Å². The van der Waals surface area contributed by atoms with Crippen molar-refractivity contribution < 1.29 is 40.8 Å². The molecule has 1 aliphatic carbocycles. The number of alkyl halides is 3. The fourth-order valence-corrected chi connectivity index (χ4v) is 7.27. The third-order valence-corrected chi connectivity index (χ3v) is 9.90. The van der Waals surface area contributed by atoms with Gasteiger partial charge in [0.05, 0.1) is 5.69 Å². The summed E-state index contributed by atoms with van der Waals surface area (Å²) in [4.78, 5) is 55.0. The molecule has 0 aromatic heterocycles. The highest BCUT2D eigenvalue weighted by Gasteiger charge is 2.51. The molecule has 4 rings (SSSR count). The van der Waals surface area contributed by atoms with E-state index in [1.54, 1.807) is 20.8 Å². The molecule has 0 radical (unpaired) electrons. The number of halogens is 3. The van der Waals surface area contributed by atoms with E-state index in [-0.39, 0.29) is 23.9 Å². The van der Waals surface area contributed by atoms with Gasteiger partial charge in [0, 0.05) is 16.9 Å². The summed E-state index contributed by atoms with van der Waals surface area (Å²) in [5, 5.41) is 2.85. The van der Waals surface area contributed by atoms with Crippen molar-refractivity contribution in [1.82, 2.24) is 5.32 Å². The number of benzene rings is 2. The zero-order valence-electron chi connectivity index (χ0n) is 26.7. The SMILES string of the molecule is Cc1ccc2c(c1)N(CC(=O)NC(C)(C)C)C(=O)C(N(C(N)=O)c1cccc(N(C=O)S(=O)(=O)C(F)(F)F)c1)CC2C1CCCCC1. The van der Waals surface area contributed by atoms with Gasteiger partial charge in [0.25, 0.3) is 5.91 Å². The van der Waals surface area contributed by atoms with Crippen molar-refractivity contribution in [2.45, 2.75) is 89.2 Å². The fourth-order valence-electron chi connectivity index (χ4n) is 6.54. The van der Waals surface area contributed by atoms with E-state index in [1.165, 1.54) is 11.0 Å². The number of hydrogen-bond donors (Lipinski definition) is 2. The third-order valence-electron chi connectivity index (χ3n) is 8.50. The lowest BCUT2D eigenvalue weighted by atomic mass is 9.74. The van der Waals surface area contributed by atoms with Crippen LogP contribution in [0.1, 0.15) is 76.3 Å². The number of nitrogens with zero attached hydrogens (tertiary/aromatic N) is 3. The molecule has 11 nitrogen and oxygen atoms in total. The number of carbonyl (C=O) groups is 4. The van der Waals surface area contributed by atoms with Gasteiger partial charge in [-0.15, -0.1) is 0 Å². The Morgan fingerprint density at radius 3 is 2.26 bits per heavy atom. The van der Waals surface area contributed by atoms with Crippen LogP contribution in [-0.4, -0.2) is 56.3 Å². The Kier molecular flexibility index (Phi) is 10.3. The summed E-state index contributed by atoms with van der Waals surface area (Å²) in [6, 6.07) is 7.43. The van der Waals surface area contributed by atoms with Crippen LogP contribution in [0.25, 0.3) is 0 Å². The highest BCUT2D eigenvalue weighted by molar-refractivity contribution is 7.94. The van der Waals surface area contributed by atoms with E-state index in [0.29, 0.717) is 5.69 Å². The molecule has 0 spiro atoms. The van der Waals surface area contributed by atoms with E-state index in [0.717, 1.165) is 66.3 Å². The van der Waals surface area contributed by atoms with Gasteiger partial charge in [0.1, 0.15) is 12.6 Å². The van der Waals surface area contributed by atoms with Crippen LogP contribution in [0.3, 0.4) is 0 Å². The van der Waals surface area contributed by atoms with Crippen LogP contribution in [0.4, 0.5) is 35.0 Å². The Balaban J connectivity index is 1.88. The summed E-state index contributed by atoms with van der Waals surface area (Å²) in [5.74, 6) is -1.26. The van der Waals surface area contributed by atoms with E-state index in [9.17, 15) is 40.8 Å². The minimum atomic E-state index is -6.14. The van der Waals surface area contributed by atoms with Crippen LogP contribution >= 0.6 is 0 Å². The summed E-state index contributed by atoms with van der Waals surface area (Å²) in [5.41, 5.74) is 0.694. The lowest BCUT2D eigenvalue weighted by molar-refractivity contribution is -0.125. The Labute approximate surface area is 272 Å². The molecule has 2 unspecified atom stereocenters. The van der Waals surface area contributed by atoms with E-state index in [4.69, 9.17) is 5.73 Å². The van der Waals surface area contributed by atoms with Crippen LogP contribution in [0, 0.1) is 12.8 Å². The number of urea groups is 1. The molecule has 256 valence electrons. The van der Waals surface area contributed by atoms with E-state index < -0.39 is 67.9 Å². The van der Waals surface area contributed by atoms with Crippen LogP contribution in [0.2, 0.25) is 0 Å². The van der Waals surface area contributed by atoms with Crippen molar-refractivity contribution in [2.75, 3.05) is 20.6 Å². The number of anilines is 3. The molecule has 1 saturated carbocycles. The van der Waals surface area contributed by atoms with Gasteiger partial charge in [0.2, 0.25) is 12.3 Å². The van der Waals surface area contributed by atoms with Crippen molar-refractivity contribution in [2.24, 2.45) is 11.7 Å². The number of nitrogens with one attached hydrogen (secondary N) is 1. The molecular weight excluding hydrogens is 639 g/mol. The molecule has 2 aromatic carbocycles. The number of carbonyl (C=O) groups excluding carboxylic acids is 4. The van der Waals surface area contributed by atoms with Crippen molar-refractivity contribution >= 4 is 51.3 Å². The second kappa shape index (κ2) is 13.5. The standard InChI is InChI=1S/C32H40F3N5O6S/c1-20-13-14-24-25(21-9-6-5-7-10-21)17-27(29(43)38(26(24)15-20)18-28(42)37-31(2,3)4)40(30(36)44)23-12-8-11-22(16-23)39(19-41)47(45,46)32(33,34)35/h8,11-16,19,21,25,27H,5-7,9-10,17-18H2,1-4H3,(H2,36,44)(H,37,42). The molecule has 1 fully saturated rings. The summed E-state index contributed by atoms with van der Waals surface area (Å²) in [6.45, 7) is 6.83. The summed E-state index contributed by atoms with van der Waals surface area (Å²) in [7, 11) is -6.14. The van der Waals surface area contributed by atoms with E-state index in [2.05, 4.69) is 5.32 Å². The normalized spacial score (nSPS) is 19.4. The molecule has 1 heterocycles. The Bertz CT molecular complexity index is 1640. The number of hydrogen-bond acceptors (Lipinski definition) is 6. The lowest BCUT2D eigenvalue weighted by Gasteiger charge is -2.35. The minimum Gasteiger partial charge on any atom is -0.351 e. The smallest absolute Gasteiger partial charge is 0.351 e. The van der Waals surface area contributed by atoms with Gasteiger partial charge >= 0.3 is 21.6 Å². The molecule has 1 aliphatic heterocycles. The largest absolute Gasteiger partial charge is 0.517 e. The molecule has 0 saturated heterocycles. The zero-order valence-corrected chi connectivity index (χ0v) is 27.5. The van der Waals surface area contributed by atoms with Gasteiger partial charge in [-0.1, -0.05) is 37.5 Å². The van der Waals surface area contributed by atoms with Crippen LogP contribution in [-0.2, 0) is 24.4 Å². The monoisotopic (exact) mass is 679 g/mol. The first kappa shape index (κ1) is 35.7. The minimum absolute atomic E-state index is 0.0718. The predicted molar refractivity (Wildman–Crippen MR) is 171 cm³/mol. The average molecular weight is 680 g/mol. The number of rotatable bonds is 8. The molecule has 2 aromatic rings. The third kappa shape index (κ3) is 7.71. The van der Waals surface area contributed by atoms with Crippen LogP contribution in [0.15, 0.2) is 42.5 Å². The highest BCUT2D eigenvalue weighted by atomic mass is 32.2. The van der Waals surface area contributed by atoms with Crippen molar-refractivity contribution in [3.05, 3.63) is 53.6 Å². The fraction of sp³-hybridized carbons (Fsp3) is 0.500. The number of aryl methyl sites for hydroxylation is 1. The Morgan fingerprint density at radius 1 is 1.04 bits per heavy atom. The Morgan fingerprint density at radius 2 is 1.68 bits per heavy atom. The average Bonchev–Trinajstić information content (AvgIpc) is 3.07. The van der Waals surface area contributed by atoms with E-state index in [1.807, 2.05) is 25.1 Å². The maximum atomic E-state index is 14.6. The van der Waals surface area contributed by atoms with E-state index >= 15 is 0 Å². The molecule has 0 bridgehead atoms. The van der Waals surface area contributed by atoms with Gasteiger partial charge in [0.15, 0.2) is 0 Å². The van der Waals surface area contributed by atoms with Gasteiger partial charge in [-0.3, -0.25) is 19.3 Å². The maximum Gasteiger partial charge on any atom is 0.517 e.